The number of ether oxygens (including phenoxy) is 1. The number of benzene rings is 4. The Labute approximate surface area is 269 Å². The second-order valence-corrected chi connectivity index (χ2v) is 12.6. The summed E-state index contributed by atoms with van der Waals surface area (Å²) in [6, 6.07) is 29.6. The van der Waals surface area contributed by atoms with E-state index in [1.165, 1.54) is 0 Å². The average Bonchev–Trinajstić information content (AvgIpc) is 3.82. The van der Waals surface area contributed by atoms with Gasteiger partial charge in [-0.05, 0) is 53.3 Å². The third-order valence-corrected chi connectivity index (χ3v) is 8.28. The lowest BCUT2D eigenvalue weighted by atomic mass is 9.93. The van der Waals surface area contributed by atoms with Crippen LogP contribution in [0.15, 0.2) is 103 Å². The zero-order valence-corrected chi connectivity index (χ0v) is 26.5. The van der Waals surface area contributed by atoms with Crippen molar-refractivity contribution in [2.24, 2.45) is 5.92 Å². The zero-order chi connectivity index (χ0) is 32.7. The van der Waals surface area contributed by atoms with E-state index in [2.05, 4.69) is 16.0 Å². The van der Waals surface area contributed by atoms with Crippen LogP contribution in [0.5, 0.6) is 0 Å². The summed E-state index contributed by atoms with van der Waals surface area (Å²) in [6.07, 6.45) is 0.586. The van der Waals surface area contributed by atoms with Gasteiger partial charge in [-0.1, -0.05) is 105 Å². The van der Waals surface area contributed by atoms with E-state index < -0.39 is 35.5 Å². The number of fused-ring (bicyclic) bond motifs is 1. The molecule has 3 amide bonds. The van der Waals surface area contributed by atoms with E-state index >= 15 is 0 Å². The Balaban J connectivity index is 1.34. The van der Waals surface area contributed by atoms with Crippen LogP contribution in [-0.4, -0.2) is 47.8 Å². The van der Waals surface area contributed by atoms with E-state index in [9.17, 15) is 19.2 Å². The van der Waals surface area contributed by atoms with Gasteiger partial charge in [0.1, 0.15) is 11.6 Å². The SMILES string of the molecule is CC(C)C[C@H](NC(=O)[C@H](Cc1ccccc1)NC(=O)C[C@@H](NC(=O)c1ccc2ccccc2c1)c1ccccc1)C(=O)[C@@]1(C)CO1. The van der Waals surface area contributed by atoms with Crippen LogP contribution in [0.4, 0.5) is 0 Å². The van der Waals surface area contributed by atoms with Crippen molar-refractivity contribution in [1.82, 2.24) is 16.0 Å². The zero-order valence-electron chi connectivity index (χ0n) is 26.5. The largest absolute Gasteiger partial charge is 0.361 e. The predicted molar refractivity (Wildman–Crippen MR) is 178 cm³/mol. The molecule has 5 rings (SSSR count). The summed E-state index contributed by atoms with van der Waals surface area (Å²) < 4.78 is 5.39. The summed E-state index contributed by atoms with van der Waals surface area (Å²) >= 11 is 0. The first-order valence-electron chi connectivity index (χ1n) is 15.8. The number of nitrogens with one attached hydrogen (secondary N) is 3. The summed E-state index contributed by atoms with van der Waals surface area (Å²) in [5, 5.41) is 10.8. The maximum absolute atomic E-state index is 13.8. The molecule has 0 unspecified atom stereocenters. The number of rotatable bonds is 14. The van der Waals surface area contributed by atoms with Crippen molar-refractivity contribution in [2.45, 2.75) is 63.8 Å². The Hall–Kier alpha value is -4.82. The number of epoxide rings is 1. The number of hydrogen-bond donors (Lipinski definition) is 3. The van der Waals surface area contributed by atoms with E-state index in [1.807, 2.05) is 111 Å². The summed E-state index contributed by atoms with van der Waals surface area (Å²) in [6.45, 7) is 6.03. The summed E-state index contributed by atoms with van der Waals surface area (Å²) in [7, 11) is 0. The molecule has 4 atom stereocenters. The molecule has 0 spiro atoms. The molecular formula is C38H41N3O5. The Morgan fingerprint density at radius 1 is 0.761 bits per heavy atom. The molecule has 3 N–H and O–H groups in total. The molecule has 8 heteroatoms. The normalized spacial score (nSPS) is 17.5. The van der Waals surface area contributed by atoms with E-state index in [0.717, 1.165) is 21.9 Å². The van der Waals surface area contributed by atoms with Crippen LogP contribution in [0, 0.1) is 5.92 Å². The van der Waals surface area contributed by atoms with Gasteiger partial charge in [-0.3, -0.25) is 19.2 Å². The lowest BCUT2D eigenvalue weighted by Gasteiger charge is -2.26. The molecule has 4 aromatic rings. The molecule has 46 heavy (non-hydrogen) atoms. The minimum absolute atomic E-state index is 0.0951. The van der Waals surface area contributed by atoms with Crippen molar-refractivity contribution in [3.8, 4) is 0 Å². The molecule has 1 saturated heterocycles. The van der Waals surface area contributed by atoms with Gasteiger partial charge in [0.15, 0.2) is 5.78 Å². The number of hydrogen-bond acceptors (Lipinski definition) is 5. The van der Waals surface area contributed by atoms with Crippen molar-refractivity contribution < 1.29 is 23.9 Å². The first kappa shape index (κ1) is 32.6. The van der Waals surface area contributed by atoms with Crippen LogP contribution < -0.4 is 16.0 Å². The maximum Gasteiger partial charge on any atom is 0.251 e. The van der Waals surface area contributed by atoms with E-state index in [-0.39, 0.29) is 30.4 Å². The molecule has 0 aliphatic carbocycles. The van der Waals surface area contributed by atoms with Crippen LogP contribution >= 0.6 is 0 Å². The topological polar surface area (TPSA) is 117 Å². The van der Waals surface area contributed by atoms with Crippen LogP contribution in [-0.2, 0) is 25.5 Å². The molecular weight excluding hydrogens is 578 g/mol. The minimum Gasteiger partial charge on any atom is -0.361 e. The monoisotopic (exact) mass is 619 g/mol. The smallest absolute Gasteiger partial charge is 0.251 e. The van der Waals surface area contributed by atoms with Gasteiger partial charge in [-0.15, -0.1) is 0 Å². The van der Waals surface area contributed by atoms with Crippen molar-refractivity contribution in [2.75, 3.05) is 6.61 Å². The Bertz CT molecular complexity index is 1680. The third-order valence-electron chi connectivity index (χ3n) is 8.28. The van der Waals surface area contributed by atoms with Gasteiger partial charge in [-0.25, -0.2) is 0 Å². The number of Topliss-reactive ketones (excluding diaryl/α,β-unsaturated/α-hetero) is 1. The van der Waals surface area contributed by atoms with Crippen LogP contribution in [0.1, 0.15) is 61.1 Å². The van der Waals surface area contributed by atoms with Crippen LogP contribution in [0.3, 0.4) is 0 Å². The first-order valence-corrected chi connectivity index (χ1v) is 15.8. The molecule has 1 fully saturated rings. The standard InChI is InChI=1S/C38H41N3O5/c1-25(2)20-32(35(43)38(3)24-46-38)41-37(45)33(21-26-12-6-4-7-13-26)39-34(42)23-31(28-15-8-5-9-16-28)40-36(44)30-19-18-27-14-10-11-17-29(27)22-30/h4-19,22,25,31-33H,20-21,23-24H2,1-3H3,(H,39,42)(H,40,44)(H,41,45)/t31-,32+,33+,38-/m1/s1. The lowest BCUT2D eigenvalue weighted by Crippen LogP contribution is -2.54. The van der Waals surface area contributed by atoms with Crippen molar-refractivity contribution in [3.63, 3.8) is 0 Å². The fraction of sp³-hybridized carbons (Fsp3) is 0.316. The van der Waals surface area contributed by atoms with Gasteiger partial charge in [-0.2, -0.15) is 0 Å². The molecule has 4 aromatic carbocycles. The molecule has 1 aliphatic heterocycles. The van der Waals surface area contributed by atoms with E-state index in [0.29, 0.717) is 18.6 Å². The quantitative estimate of drug-likeness (QED) is 0.165. The maximum atomic E-state index is 13.8. The summed E-state index contributed by atoms with van der Waals surface area (Å²) in [4.78, 5) is 54.1. The molecule has 1 heterocycles. The third kappa shape index (κ3) is 8.46. The fourth-order valence-electron chi connectivity index (χ4n) is 5.60. The van der Waals surface area contributed by atoms with Gasteiger partial charge in [0, 0.05) is 12.0 Å². The molecule has 238 valence electrons. The van der Waals surface area contributed by atoms with Gasteiger partial charge < -0.3 is 20.7 Å². The predicted octanol–water partition coefficient (Wildman–Crippen LogP) is 5.32. The second kappa shape index (κ2) is 14.5. The Kier molecular flexibility index (Phi) is 10.3. The fourth-order valence-corrected chi connectivity index (χ4v) is 5.60. The summed E-state index contributed by atoms with van der Waals surface area (Å²) in [5.41, 5.74) is 1.21. The highest BCUT2D eigenvalue weighted by molar-refractivity contribution is 5.99. The average molecular weight is 620 g/mol. The van der Waals surface area contributed by atoms with Gasteiger partial charge in [0.25, 0.3) is 5.91 Å². The summed E-state index contributed by atoms with van der Waals surface area (Å²) in [5.74, 6) is -1.18. The highest BCUT2D eigenvalue weighted by Gasteiger charge is 2.50. The minimum atomic E-state index is -0.946. The lowest BCUT2D eigenvalue weighted by molar-refractivity contribution is -0.133. The highest BCUT2D eigenvalue weighted by atomic mass is 16.6. The molecule has 0 saturated carbocycles. The van der Waals surface area contributed by atoms with Gasteiger partial charge in [0.05, 0.1) is 25.1 Å². The van der Waals surface area contributed by atoms with Crippen molar-refractivity contribution in [3.05, 3.63) is 120 Å². The van der Waals surface area contributed by atoms with Gasteiger partial charge >= 0.3 is 0 Å². The Morgan fingerprint density at radius 2 is 1.39 bits per heavy atom. The molecule has 0 aromatic heterocycles. The first-order chi connectivity index (χ1) is 22.1. The van der Waals surface area contributed by atoms with Gasteiger partial charge in [0.2, 0.25) is 11.8 Å². The number of carbonyl (C=O) groups excluding carboxylic acids is 4. The molecule has 8 nitrogen and oxygen atoms in total. The molecule has 0 radical (unpaired) electrons. The highest BCUT2D eigenvalue weighted by Crippen LogP contribution is 2.30. The second-order valence-electron chi connectivity index (χ2n) is 12.6. The molecule has 0 bridgehead atoms. The Morgan fingerprint density at radius 3 is 2.04 bits per heavy atom. The van der Waals surface area contributed by atoms with Crippen molar-refractivity contribution in [1.29, 1.82) is 0 Å². The number of carbonyl (C=O) groups is 4. The van der Waals surface area contributed by atoms with Crippen molar-refractivity contribution >= 4 is 34.3 Å². The molecule has 1 aliphatic rings. The van der Waals surface area contributed by atoms with E-state index in [4.69, 9.17) is 4.74 Å². The number of amides is 3. The van der Waals surface area contributed by atoms with Crippen LogP contribution in [0.25, 0.3) is 10.8 Å². The number of ketones is 1. The van der Waals surface area contributed by atoms with E-state index in [1.54, 1.807) is 13.0 Å². The van der Waals surface area contributed by atoms with Crippen LogP contribution in [0.2, 0.25) is 0 Å².